The molecule has 0 unspecified atom stereocenters. The van der Waals surface area contributed by atoms with Crippen LogP contribution in [0.5, 0.6) is 5.75 Å². The summed E-state index contributed by atoms with van der Waals surface area (Å²) in [5.74, 6) is -4.79. The third-order valence-electron chi connectivity index (χ3n) is 5.94. The topological polar surface area (TPSA) is 59.4 Å². The van der Waals surface area contributed by atoms with Crippen LogP contribution in [-0.4, -0.2) is 16.1 Å². The fourth-order valence-electron chi connectivity index (χ4n) is 4.16. The number of carboxylic acids is 1. The smallest absolute Gasteiger partial charge is 0.416 e. The summed E-state index contributed by atoms with van der Waals surface area (Å²) in [6.45, 7) is 0.890. The number of hydrogen-bond donors (Lipinski definition) is 1. The molecule has 1 N–H and O–H groups in total. The molecule has 10 heteroatoms. The number of allylic oxidation sites excluding steroid dienone is 2. The van der Waals surface area contributed by atoms with Crippen molar-refractivity contribution < 1.29 is 41.0 Å². The second-order valence-electron chi connectivity index (χ2n) is 8.32. The molecule has 1 aromatic heterocycles. The van der Waals surface area contributed by atoms with Gasteiger partial charge in [-0.25, -0.2) is 22.9 Å². The van der Waals surface area contributed by atoms with Crippen LogP contribution in [0.3, 0.4) is 0 Å². The molecule has 36 heavy (non-hydrogen) atoms. The van der Waals surface area contributed by atoms with Gasteiger partial charge in [-0.05, 0) is 67.2 Å². The van der Waals surface area contributed by atoms with Gasteiger partial charge in [0.05, 0.1) is 16.8 Å². The van der Waals surface area contributed by atoms with Crippen molar-refractivity contribution in [3.8, 4) is 5.75 Å². The molecule has 2 aromatic carbocycles. The highest BCUT2D eigenvalue weighted by atomic mass is 19.4. The molecule has 188 valence electrons. The third kappa shape index (κ3) is 5.07. The van der Waals surface area contributed by atoms with E-state index < -0.39 is 47.3 Å². The number of halogens is 6. The Morgan fingerprint density at radius 1 is 1.00 bits per heavy atom. The average molecular weight is 507 g/mol. The first-order valence-electron chi connectivity index (χ1n) is 10.9. The number of hydrogen-bond acceptors (Lipinski definition) is 3. The van der Waals surface area contributed by atoms with Gasteiger partial charge in [-0.3, -0.25) is 0 Å². The van der Waals surface area contributed by atoms with Crippen molar-refractivity contribution in [3.05, 3.63) is 93.6 Å². The molecule has 0 fully saturated rings. The van der Waals surface area contributed by atoms with Crippen LogP contribution in [-0.2, 0) is 12.8 Å². The summed E-state index contributed by atoms with van der Waals surface area (Å²) >= 11 is 0. The van der Waals surface area contributed by atoms with E-state index in [4.69, 9.17) is 4.74 Å². The number of nitrogens with zero attached hydrogens (tertiary/aromatic N) is 1. The SMILES string of the molecule is Cc1ccc(C2=C(c3cc(C(F)(F)F)ccc3OCc3c(F)cc(F)cc3F)CCC2)nc1C(=O)O. The Hall–Kier alpha value is -3.82. The minimum Gasteiger partial charge on any atom is -0.488 e. The Morgan fingerprint density at radius 3 is 2.31 bits per heavy atom. The minimum atomic E-state index is -4.67. The van der Waals surface area contributed by atoms with Crippen molar-refractivity contribution in [2.24, 2.45) is 0 Å². The number of aryl methyl sites for hydroxylation is 1. The maximum absolute atomic E-state index is 14.1. The van der Waals surface area contributed by atoms with Gasteiger partial charge in [0.25, 0.3) is 0 Å². The number of alkyl halides is 3. The average Bonchev–Trinajstić information content (AvgIpc) is 3.27. The molecule has 1 aliphatic rings. The van der Waals surface area contributed by atoms with Crippen LogP contribution < -0.4 is 4.74 Å². The zero-order valence-electron chi connectivity index (χ0n) is 18.8. The number of pyridine rings is 1. The van der Waals surface area contributed by atoms with E-state index in [2.05, 4.69) is 4.98 Å². The Labute approximate surface area is 201 Å². The lowest BCUT2D eigenvalue weighted by Crippen LogP contribution is -2.08. The summed E-state index contributed by atoms with van der Waals surface area (Å²) in [7, 11) is 0. The molecule has 0 spiro atoms. The molecule has 0 radical (unpaired) electrons. The maximum Gasteiger partial charge on any atom is 0.416 e. The second-order valence-corrected chi connectivity index (χ2v) is 8.32. The summed E-state index contributed by atoms with van der Waals surface area (Å²) in [6.07, 6.45) is -3.31. The van der Waals surface area contributed by atoms with Gasteiger partial charge in [0, 0.05) is 17.7 Å². The van der Waals surface area contributed by atoms with Crippen molar-refractivity contribution in [1.82, 2.24) is 4.98 Å². The number of ether oxygens (including phenoxy) is 1. The molecule has 1 aliphatic carbocycles. The quantitative estimate of drug-likeness (QED) is 0.359. The number of carboxylic acid groups (broad SMARTS) is 1. The maximum atomic E-state index is 14.1. The predicted octanol–water partition coefficient (Wildman–Crippen LogP) is 7.20. The van der Waals surface area contributed by atoms with Crippen LogP contribution in [0.15, 0.2) is 42.5 Å². The highest BCUT2D eigenvalue weighted by Crippen LogP contribution is 2.44. The van der Waals surface area contributed by atoms with Gasteiger partial charge >= 0.3 is 12.1 Å². The minimum absolute atomic E-state index is 0.0551. The molecule has 3 aromatic rings. The van der Waals surface area contributed by atoms with Crippen LogP contribution >= 0.6 is 0 Å². The first-order chi connectivity index (χ1) is 17.0. The molecular formula is C26H19F6NO3. The standard InChI is InChI=1S/C26H19F6NO3/c1-13-5-7-22(33-24(13)25(34)35)17-4-2-3-16(17)18-9-14(26(30,31)32)6-8-23(18)36-12-19-20(28)10-15(27)11-21(19)29/h5-11H,2-4,12H2,1H3,(H,34,35). The first-order valence-corrected chi connectivity index (χ1v) is 10.9. The van der Waals surface area contributed by atoms with E-state index in [1.54, 1.807) is 19.1 Å². The zero-order valence-corrected chi connectivity index (χ0v) is 18.8. The first kappa shape index (κ1) is 25.3. The van der Waals surface area contributed by atoms with Gasteiger partial charge in [-0.15, -0.1) is 0 Å². The van der Waals surface area contributed by atoms with E-state index in [9.17, 15) is 36.2 Å². The van der Waals surface area contributed by atoms with Crippen molar-refractivity contribution in [3.63, 3.8) is 0 Å². The summed E-state index contributed by atoms with van der Waals surface area (Å²) in [6, 6.07) is 6.87. The number of aromatic carboxylic acids is 1. The summed E-state index contributed by atoms with van der Waals surface area (Å²) in [5, 5.41) is 9.42. The van der Waals surface area contributed by atoms with Gasteiger partial charge in [-0.1, -0.05) is 6.07 Å². The summed E-state index contributed by atoms with van der Waals surface area (Å²) in [4.78, 5) is 15.7. The fraction of sp³-hybridized carbons (Fsp3) is 0.231. The summed E-state index contributed by atoms with van der Waals surface area (Å²) < 4.78 is 87.5. The Bertz CT molecular complexity index is 1360. The molecule has 0 amide bonds. The molecule has 4 nitrogen and oxygen atoms in total. The highest BCUT2D eigenvalue weighted by molar-refractivity contribution is 5.95. The normalized spacial score (nSPS) is 13.9. The van der Waals surface area contributed by atoms with Gasteiger partial charge < -0.3 is 9.84 Å². The Morgan fingerprint density at radius 2 is 1.67 bits per heavy atom. The van der Waals surface area contributed by atoms with Crippen molar-refractivity contribution >= 4 is 17.1 Å². The molecule has 1 heterocycles. The molecular weight excluding hydrogens is 488 g/mol. The second kappa shape index (κ2) is 9.67. The molecule has 0 aliphatic heterocycles. The van der Waals surface area contributed by atoms with Crippen LogP contribution in [0.25, 0.3) is 11.1 Å². The van der Waals surface area contributed by atoms with Gasteiger partial charge in [-0.2, -0.15) is 13.2 Å². The largest absolute Gasteiger partial charge is 0.488 e. The van der Waals surface area contributed by atoms with Crippen molar-refractivity contribution in [1.29, 1.82) is 0 Å². The molecule has 0 bridgehead atoms. The molecule has 0 atom stereocenters. The zero-order chi connectivity index (χ0) is 26.2. The van der Waals surface area contributed by atoms with Crippen LogP contribution in [0.2, 0.25) is 0 Å². The highest BCUT2D eigenvalue weighted by Gasteiger charge is 2.33. The lowest BCUT2D eigenvalue weighted by atomic mass is 9.96. The number of rotatable bonds is 6. The van der Waals surface area contributed by atoms with Crippen molar-refractivity contribution in [2.45, 2.75) is 39.0 Å². The third-order valence-corrected chi connectivity index (χ3v) is 5.94. The number of carbonyl (C=O) groups is 1. The molecule has 0 saturated carbocycles. The molecule has 4 rings (SSSR count). The van der Waals surface area contributed by atoms with Crippen molar-refractivity contribution in [2.75, 3.05) is 0 Å². The predicted molar refractivity (Wildman–Crippen MR) is 119 cm³/mol. The van der Waals surface area contributed by atoms with Gasteiger partial charge in [0.1, 0.15) is 29.8 Å². The lowest BCUT2D eigenvalue weighted by Gasteiger charge is -2.17. The lowest BCUT2D eigenvalue weighted by molar-refractivity contribution is -0.137. The van der Waals surface area contributed by atoms with Crippen LogP contribution in [0, 0.1) is 24.4 Å². The summed E-state index contributed by atoms with van der Waals surface area (Å²) in [5.41, 5.74) is 0.112. The van der Waals surface area contributed by atoms with Gasteiger partial charge in [0.2, 0.25) is 0 Å². The Kier molecular flexibility index (Phi) is 6.79. The van der Waals surface area contributed by atoms with E-state index in [-0.39, 0.29) is 17.0 Å². The number of benzene rings is 2. The van der Waals surface area contributed by atoms with E-state index >= 15 is 0 Å². The molecule has 0 saturated heterocycles. The fourth-order valence-corrected chi connectivity index (χ4v) is 4.16. The van der Waals surface area contributed by atoms with E-state index in [0.717, 1.165) is 18.2 Å². The van der Waals surface area contributed by atoms with Gasteiger partial charge in [0.15, 0.2) is 5.69 Å². The number of aromatic nitrogens is 1. The van der Waals surface area contributed by atoms with E-state index in [0.29, 0.717) is 53.8 Å². The Balaban J connectivity index is 1.81. The monoisotopic (exact) mass is 507 g/mol. The van der Waals surface area contributed by atoms with Crippen LogP contribution in [0.4, 0.5) is 26.3 Å². The van der Waals surface area contributed by atoms with E-state index in [1.807, 2.05) is 0 Å². The van der Waals surface area contributed by atoms with E-state index in [1.165, 1.54) is 0 Å². The van der Waals surface area contributed by atoms with Crippen LogP contribution in [0.1, 0.15) is 57.7 Å².